The van der Waals surface area contributed by atoms with Crippen molar-refractivity contribution >= 4 is 5.97 Å². The Bertz CT molecular complexity index is 397. The Hall–Kier alpha value is -1.38. The van der Waals surface area contributed by atoms with Crippen LogP contribution in [-0.2, 0) is 14.9 Å². The SMILES string of the molecule is CCOC(=O)C(C)(C)c1ccc(F)cc1C. The second-order valence-corrected chi connectivity index (χ2v) is 4.30. The van der Waals surface area contributed by atoms with Gasteiger partial charge in [0.25, 0.3) is 0 Å². The van der Waals surface area contributed by atoms with Gasteiger partial charge in [0.2, 0.25) is 0 Å². The molecule has 0 saturated carbocycles. The number of rotatable bonds is 3. The van der Waals surface area contributed by atoms with Gasteiger partial charge < -0.3 is 4.74 Å². The first-order valence-electron chi connectivity index (χ1n) is 5.33. The summed E-state index contributed by atoms with van der Waals surface area (Å²) < 4.78 is 18.0. The van der Waals surface area contributed by atoms with Gasteiger partial charge in [0.1, 0.15) is 5.82 Å². The summed E-state index contributed by atoms with van der Waals surface area (Å²) in [6.07, 6.45) is 0. The lowest BCUT2D eigenvalue weighted by Gasteiger charge is -2.24. The molecule has 1 aromatic rings. The van der Waals surface area contributed by atoms with Gasteiger partial charge in [-0.1, -0.05) is 6.07 Å². The lowest BCUT2D eigenvalue weighted by molar-refractivity contribution is -0.148. The van der Waals surface area contributed by atoms with Crippen molar-refractivity contribution in [2.24, 2.45) is 0 Å². The summed E-state index contributed by atoms with van der Waals surface area (Å²) in [6, 6.07) is 4.43. The summed E-state index contributed by atoms with van der Waals surface area (Å²) >= 11 is 0. The van der Waals surface area contributed by atoms with Crippen molar-refractivity contribution in [3.8, 4) is 0 Å². The molecule has 0 aliphatic rings. The fourth-order valence-corrected chi connectivity index (χ4v) is 1.75. The molecule has 0 fully saturated rings. The second kappa shape index (κ2) is 4.64. The third-order valence-electron chi connectivity index (χ3n) is 2.65. The van der Waals surface area contributed by atoms with Crippen LogP contribution in [0.1, 0.15) is 31.9 Å². The summed E-state index contributed by atoms with van der Waals surface area (Å²) in [5.74, 6) is -0.578. The van der Waals surface area contributed by atoms with Gasteiger partial charge in [0.05, 0.1) is 12.0 Å². The maximum atomic E-state index is 13.0. The third-order valence-corrected chi connectivity index (χ3v) is 2.65. The zero-order valence-electron chi connectivity index (χ0n) is 10.1. The van der Waals surface area contributed by atoms with E-state index in [-0.39, 0.29) is 11.8 Å². The first-order chi connectivity index (χ1) is 7.39. The Morgan fingerprint density at radius 3 is 2.56 bits per heavy atom. The standard InChI is InChI=1S/C13H17FO2/c1-5-16-12(15)13(3,4)11-7-6-10(14)8-9(11)2/h6-8H,5H2,1-4H3. The van der Waals surface area contributed by atoms with Crippen molar-refractivity contribution < 1.29 is 13.9 Å². The minimum atomic E-state index is -0.742. The minimum Gasteiger partial charge on any atom is -0.465 e. The van der Waals surface area contributed by atoms with Crippen molar-refractivity contribution in [1.29, 1.82) is 0 Å². The molecule has 0 saturated heterocycles. The topological polar surface area (TPSA) is 26.3 Å². The predicted octanol–water partition coefficient (Wildman–Crippen LogP) is 2.97. The largest absolute Gasteiger partial charge is 0.465 e. The number of carbonyl (C=O) groups excluding carboxylic acids is 1. The highest BCUT2D eigenvalue weighted by Gasteiger charge is 2.32. The third kappa shape index (κ3) is 2.40. The number of aryl methyl sites for hydroxylation is 1. The summed E-state index contributed by atoms with van der Waals surface area (Å²) in [7, 11) is 0. The first kappa shape index (κ1) is 12.7. The van der Waals surface area contributed by atoms with Gasteiger partial charge in [-0.15, -0.1) is 0 Å². The molecule has 0 aliphatic heterocycles. The van der Waals surface area contributed by atoms with E-state index in [9.17, 15) is 9.18 Å². The molecule has 3 heteroatoms. The van der Waals surface area contributed by atoms with Crippen LogP contribution in [0.5, 0.6) is 0 Å². The highest BCUT2D eigenvalue weighted by Crippen LogP contribution is 2.28. The van der Waals surface area contributed by atoms with E-state index >= 15 is 0 Å². The molecule has 0 heterocycles. The zero-order valence-corrected chi connectivity index (χ0v) is 10.1. The van der Waals surface area contributed by atoms with Crippen LogP contribution in [0.2, 0.25) is 0 Å². The Kier molecular flexibility index (Phi) is 3.68. The molecule has 0 bridgehead atoms. The molecule has 0 N–H and O–H groups in total. The van der Waals surface area contributed by atoms with E-state index in [1.165, 1.54) is 12.1 Å². The maximum Gasteiger partial charge on any atom is 0.315 e. The van der Waals surface area contributed by atoms with Gasteiger partial charge in [-0.25, -0.2) is 4.39 Å². The molecule has 1 aromatic carbocycles. The molecular formula is C13H17FO2. The Morgan fingerprint density at radius 2 is 2.06 bits per heavy atom. The van der Waals surface area contributed by atoms with E-state index in [0.717, 1.165) is 11.1 Å². The van der Waals surface area contributed by atoms with Crippen LogP contribution in [0.25, 0.3) is 0 Å². The molecule has 0 atom stereocenters. The predicted molar refractivity (Wildman–Crippen MR) is 60.8 cm³/mol. The van der Waals surface area contributed by atoms with Gasteiger partial charge in [-0.05, 0) is 51.0 Å². The molecule has 0 amide bonds. The van der Waals surface area contributed by atoms with Crippen LogP contribution < -0.4 is 0 Å². The molecule has 0 radical (unpaired) electrons. The van der Waals surface area contributed by atoms with E-state index in [1.807, 2.05) is 0 Å². The highest BCUT2D eigenvalue weighted by molar-refractivity contribution is 5.82. The monoisotopic (exact) mass is 224 g/mol. The quantitative estimate of drug-likeness (QED) is 0.738. The Balaban J connectivity index is 3.11. The summed E-state index contributed by atoms with van der Waals surface area (Å²) in [5.41, 5.74) is 0.818. The second-order valence-electron chi connectivity index (χ2n) is 4.30. The molecule has 0 spiro atoms. The number of hydrogen-bond acceptors (Lipinski definition) is 2. The molecule has 0 unspecified atom stereocenters. The number of hydrogen-bond donors (Lipinski definition) is 0. The van der Waals surface area contributed by atoms with E-state index in [1.54, 1.807) is 33.8 Å². The average molecular weight is 224 g/mol. The van der Waals surface area contributed by atoms with Crippen molar-refractivity contribution in [3.05, 3.63) is 35.1 Å². The minimum absolute atomic E-state index is 0.287. The molecule has 2 nitrogen and oxygen atoms in total. The van der Waals surface area contributed by atoms with Crippen LogP contribution in [-0.4, -0.2) is 12.6 Å². The van der Waals surface area contributed by atoms with Gasteiger partial charge in [0, 0.05) is 0 Å². The zero-order chi connectivity index (χ0) is 12.3. The summed E-state index contributed by atoms with van der Waals surface area (Å²) in [6.45, 7) is 7.48. The van der Waals surface area contributed by atoms with Gasteiger partial charge >= 0.3 is 5.97 Å². The fraction of sp³-hybridized carbons (Fsp3) is 0.462. The van der Waals surface area contributed by atoms with E-state index in [0.29, 0.717) is 6.61 Å². The molecular weight excluding hydrogens is 207 g/mol. The summed E-state index contributed by atoms with van der Waals surface area (Å²) in [5, 5.41) is 0. The van der Waals surface area contributed by atoms with Crippen molar-refractivity contribution in [1.82, 2.24) is 0 Å². The molecule has 1 rings (SSSR count). The van der Waals surface area contributed by atoms with E-state index in [2.05, 4.69) is 0 Å². The van der Waals surface area contributed by atoms with Crippen molar-refractivity contribution in [2.75, 3.05) is 6.61 Å². The van der Waals surface area contributed by atoms with Gasteiger partial charge in [-0.3, -0.25) is 4.79 Å². The molecule has 88 valence electrons. The lowest BCUT2D eigenvalue weighted by Crippen LogP contribution is -2.31. The van der Waals surface area contributed by atoms with Crippen LogP contribution in [0.3, 0.4) is 0 Å². The lowest BCUT2D eigenvalue weighted by atomic mass is 9.82. The van der Waals surface area contributed by atoms with Gasteiger partial charge in [0.15, 0.2) is 0 Å². The van der Waals surface area contributed by atoms with Gasteiger partial charge in [-0.2, -0.15) is 0 Å². The van der Waals surface area contributed by atoms with Crippen LogP contribution in [0.15, 0.2) is 18.2 Å². The van der Waals surface area contributed by atoms with Crippen LogP contribution in [0, 0.1) is 12.7 Å². The molecule has 0 aliphatic carbocycles. The van der Waals surface area contributed by atoms with Crippen LogP contribution >= 0.6 is 0 Å². The number of esters is 1. The average Bonchev–Trinajstić information content (AvgIpc) is 2.17. The van der Waals surface area contributed by atoms with E-state index < -0.39 is 5.41 Å². The number of halogens is 1. The first-order valence-corrected chi connectivity index (χ1v) is 5.33. The Labute approximate surface area is 95.4 Å². The highest BCUT2D eigenvalue weighted by atomic mass is 19.1. The smallest absolute Gasteiger partial charge is 0.315 e. The van der Waals surface area contributed by atoms with E-state index in [4.69, 9.17) is 4.74 Å². The molecule has 0 aromatic heterocycles. The summed E-state index contributed by atoms with van der Waals surface area (Å²) in [4.78, 5) is 11.8. The number of ether oxygens (including phenoxy) is 1. The number of carbonyl (C=O) groups is 1. The molecule has 16 heavy (non-hydrogen) atoms. The van der Waals surface area contributed by atoms with Crippen molar-refractivity contribution in [2.45, 2.75) is 33.1 Å². The fourth-order valence-electron chi connectivity index (χ4n) is 1.75. The van der Waals surface area contributed by atoms with Crippen molar-refractivity contribution in [3.63, 3.8) is 0 Å². The Morgan fingerprint density at radius 1 is 1.44 bits per heavy atom. The maximum absolute atomic E-state index is 13.0. The number of benzene rings is 1. The van der Waals surface area contributed by atoms with Crippen LogP contribution in [0.4, 0.5) is 4.39 Å². The normalized spacial score (nSPS) is 11.3.